The smallest absolute Gasteiger partial charge is 0.227 e. The molecule has 0 aliphatic carbocycles. The summed E-state index contributed by atoms with van der Waals surface area (Å²) in [5, 5.41) is 6.34. The fraction of sp³-hybridized carbons (Fsp3) is 0.909. The van der Waals surface area contributed by atoms with Gasteiger partial charge >= 0.3 is 0 Å². The van der Waals surface area contributed by atoms with Crippen molar-refractivity contribution < 1.29 is 4.79 Å². The fourth-order valence-corrected chi connectivity index (χ4v) is 2.44. The van der Waals surface area contributed by atoms with Crippen LogP contribution < -0.4 is 10.6 Å². The predicted molar refractivity (Wildman–Crippen MR) is 66.2 cm³/mol. The summed E-state index contributed by atoms with van der Waals surface area (Å²) in [7, 11) is 0. The van der Waals surface area contributed by atoms with E-state index in [2.05, 4.69) is 23.8 Å². The first kappa shape index (κ1) is 12.8. The molecule has 1 aliphatic rings. The third kappa shape index (κ3) is 3.38. The summed E-state index contributed by atoms with van der Waals surface area (Å²) >= 11 is 1.83. The molecule has 1 saturated heterocycles. The van der Waals surface area contributed by atoms with Gasteiger partial charge in [0.25, 0.3) is 0 Å². The fourth-order valence-electron chi connectivity index (χ4n) is 2.01. The Bertz CT molecular complexity index is 203. The standard InChI is InChI=1S/C11H22N2OS/c1-3-11(5-7-12-9-11)10(14)13-6-4-8-15-2/h12H,3-9H2,1-2H3,(H,13,14). The Morgan fingerprint density at radius 3 is 2.93 bits per heavy atom. The van der Waals surface area contributed by atoms with Crippen molar-refractivity contribution in [1.29, 1.82) is 0 Å². The second-order valence-corrected chi connectivity index (χ2v) is 5.15. The lowest BCUT2D eigenvalue weighted by molar-refractivity contribution is -0.130. The van der Waals surface area contributed by atoms with Crippen molar-refractivity contribution in [1.82, 2.24) is 10.6 Å². The molecule has 0 radical (unpaired) electrons. The van der Waals surface area contributed by atoms with E-state index >= 15 is 0 Å². The van der Waals surface area contributed by atoms with E-state index in [-0.39, 0.29) is 11.3 Å². The zero-order valence-corrected chi connectivity index (χ0v) is 10.6. The van der Waals surface area contributed by atoms with E-state index < -0.39 is 0 Å². The van der Waals surface area contributed by atoms with Gasteiger partial charge < -0.3 is 10.6 Å². The molecule has 4 heteroatoms. The van der Waals surface area contributed by atoms with Crippen molar-refractivity contribution in [3.05, 3.63) is 0 Å². The zero-order valence-electron chi connectivity index (χ0n) is 9.77. The second-order valence-electron chi connectivity index (χ2n) is 4.16. The van der Waals surface area contributed by atoms with E-state index in [0.717, 1.165) is 44.6 Å². The molecule has 0 aromatic rings. The van der Waals surface area contributed by atoms with E-state index in [1.807, 2.05) is 11.8 Å². The van der Waals surface area contributed by atoms with Gasteiger partial charge in [-0.3, -0.25) is 4.79 Å². The van der Waals surface area contributed by atoms with Crippen LogP contribution in [0.2, 0.25) is 0 Å². The molecule has 1 rings (SSSR count). The molecule has 1 aliphatic heterocycles. The Morgan fingerprint density at radius 2 is 2.40 bits per heavy atom. The summed E-state index contributed by atoms with van der Waals surface area (Å²) in [4.78, 5) is 12.0. The second kappa shape index (κ2) is 6.38. The number of hydrogen-bond donors (Lipinski definition) is 2. The van der Waals surface area contributed by atoms with Crippen LogP contribution >= 0.6 is 11.8 Å². The van der Waals surface area contributed by atoms with Crippen molar-refractivity contribution in [2.75, 3.05) is 31.6 Å². The highest BCUT2D eigenvalue weighted by Gasteiger charge is 2.38. The maximum atomic E-state index is 12.0. The van der Waals surface area contributed by atoms with Gasteiger partial charge in [-0.15, -0.1) is 0 Å². The highest BCUT2D eigenvalue weighted by molar-refractivity contribution is 7.98. The van der Waals surface area contributed by atoms with Crippen LogP contribution in [0, 0.1) is 5.41 Å². The summed E-state index contributed by atoms with van der Waals surface area (Å²) in [6.07, 6.45) is 5.09. The van der Waals surface area contributed by atoms with Crippen molar-refractivity contribution in [2.45, 2.75) is 26.2 Å². The molecule has 0 spiro atoms. The molecule has 15 heavy (non-hydrogen) atoms. The van der Waals surface area contributed by atoms with Gasteiger partial charge in [0.1, 0.15) is 0 Å². The Labute approximate surface area is 96.8 Å². The Kier molecular flexibility index (Phi) is 5.47. The molecule has 3 nitrogen and oxygen atoms in total. The first-order valence-electron chi connectivity index (χ1n) is 5.73. The van der Waals surface area contributed by atoms with Crippen LogP contribution in [0.25, 0.3) is 0 Å². The topological polar surface area (TPSA) is 41.1 Å². The van der Waals surface area contributed by atoms with E-state index in [9.17, 15) is 4.79 Å². The van der Waals surface area contributed by atoms with Crippen LogP contribution in [0.4, 0.5) is 0 Å². The average molecular weight is 230 g/mol. The molecule has 0 aromatic heterocycles. The lowest BCUT2D eigenvalue weighted by Gasteiger charge is -2.25. The van der Waals surface area contributed by atoms with Crippen molar-refractivity contribution >= 4 is 17.7 Å². The number of hydrogen-bond acceptors (Lipinski definition) is 3. The molecule has 1 unspecified atom stereocenters. The Hall–Kier alpha value is -0.220. The van der Waals surface area contributed by atoms with Gasteiger partial charge in [-0.05, 0) is 37.8 Å². The third-order valence-electron chi connectivity index (χ3n) is 3.21. The highest BCUT2D eigenvalue weighted by atomic mass is 32.2. The van der Waals surface area contributed by atoms with Gasteiger partial charge in [0.05, 0.1) is 5.41 Å². The maximum absolute atomic E-state index is 12.0. The first-order chi connectivity index (χ1) is 7.25. The molecule has 1 amide bonds. The highest BCUT2D eigenvalue weighted by Crippen LogP contribution is 2.29. The van der Waals surface area contributed by atoms with Gasteiger partial charge in [0.15, 0.2) is 0 Å². The molecular formula is C11H22N2OS. The minimum Gasteiger partial charge on any atom is -0.356 e. The molecule has 88 valence electrons. The SMILES string of the molecule is CCC1(C(=O)NCCCSC)CCNC1. The number of rotatable bonds is 6. The molecule has 1 fully saturated rings. The van der Waals surface area contributed by atoms with Crippen LogP contribution in [-0.4, -0.2) is 37.6 Å². The largest absolute Gasteiger partial charge is 0.356 e. The normalized spacial score (nSPS) is 25.5. The number of amides is 1. The zero-order chi connectivity index (χ0) is 11.1. The summed E-state index contributed by atoms with van der Waals surface area (Å²) in [6.45, 7) is 4.75. The van der Waals surface area contributed by atoms with E-state index in [1.165, 1.54) is 0 Å². The lowest BCUT2D eigenvalue weighted by atomic mass is 9.83. The van der Waals surface area contributed by atoms with Crippen LogP contribution in [-0.2, 0) is 4.79 Å². The molecule has 0 aromatic carbocycles. The summed E-state index contributed by atoms with van der Waals surface area (Å²) < 4.78 is 0. The number of nitrogens with one attached hydrogen (secondary N) is 2. The molecule has 1 atom stereocenters. The lowest BCUT2D eigenvalue weighted by Crippen LogP contribution is -2.42. The molecule has 2 N–H and O–H groups in total. The van der Waals surface area contributed by atoms with Gasteiger partial charge in [-0.1, -0.05) is 6.92 Å². The Balaban J connectivity index is 2.31. The number of carbonyl (C=O) groups is 1. The van der Waals surface area contributed by atoms with E-state index in [1.54, 1.807) is 0 Å². The Morgan fingerprint density at radius 1 is 1.60 bits per heavy atom. The van der Waals surface area contributed by atoms with E-state index in [4.69, 9.17) is 0 Å². The van der Waals surface area contributed by atoms with Crippen molar-refractivity contribution in [3.8, 4) is 0 Å². The summed E-state index contributed by atoms with van der Waals surface area (Å²) in [5.41, 5.74) is -0.126. The van der Waals surface area contributed by atoms with Crippen LogP contribution in [0.5, 0.6) is 0 Å². The molecule has 0 bridgehead atoms. The first-order valence-corrected chi connectivity index (χ1v) is 7.12. The number of thioether (sulfide) groups is 1. The van der Waals surface area contributed by atoms with Crippen molar-refractivity contribution in [2.24, 2.45) is 5.41 Å². The predicted octanol–water partition coefficient (Wildman–Crippen LogP) is 1.25. The van der Waals surface area contributed by atoms with E-state index in [0.29, 0.717) is 0 Å². The van der Waals surface area contributed by atoms with Crippen molar-refractivity contribution in [3.63, 3.8) is 0 Å². The summed E-state index contributed by atoms with van der Waals surface area (Å²) in [5.74, 6) is 1.37. The quantitative estimate of drug-likeness (QED) is 0.675. The van der Waals surface area contributed by atoms with Gasteiger partial charge in [0, 0.05) is 13.1 Å². The minimum atomic E-state index is -0.126. The van der Waals surface area contributed by atoms with Gasteiger partial charge in [-0.25, -0.2) is 0 Å². The average Bonchev–Trinajstić information content (AvgIpc) is 2.74. The van der Waals surface area contributed by atoms with Crippen LogP contribution in [0.15, 0.2) is 0 Å². The third-order valence-corrected chi connectivity index (χ3v) is 3.91. The minimum absolute atomic E-state index is 0.126. The van der Waals surface area contributed by atoms with Crippen LogP contribution in [0.1, 0.15) is 26.2 Å². The van der Waals surface area contributed by atoms with Crippen LogP contribution in [0.3, 0.4) is 0 Å². The molecule has 1 heterocycles. The number of carbonyl (C=O) groups excluding carboxylic acids is 1. The summed E-state index contributed by atoms with van der Waals surface area (Å²) in [6, 6.07) is 0. The molecule has 0 saturated carbocycles. The monoisotopic (exact) mass is 230 g/mol. The van der Waals surface area contributed by atoms with Gasteiger partial charge in [0.2, 0.25) is 5.91 Å². The maximum Gasteiger partial charge on any atom is 0.227 e. The molecular weight excluding hydrogens is 208 g/mol. The van der Waals surface area contributed by atoms with Gasteiger partial charge in [-0.2, -0.15) is 11.8 Å².